The molecule has 1 aliphatic carbocycles. The summed E-state index contributed by atoms with van der Waals surface area (Å²) in [7, 11) is 0. The fraction of sp³-hybridized carbons (Fsp3) is 0.467. The normalized spacial score (nSPS) is 15.5. The lowest BCUT2D eigenvalue weighted by atomic mass is 10.1. The molecule has 2 rings (SSSR count). The van der Waals surface area contributed by atoms with E-state index in [1.807, 2.05) is 6.92 Å². The summed E-state index contributed by atoms with van der Waals surface area (Å²) in [6, 6.07) is 7.15. The molecule has 0 bridgehead atoms. The highest BCUT2D eigenvalue weighted by atomic mass is 16.2. The van der Waals surface area contributed by atoms with E-state index in [4.69, 9.17) is 5.73 Å². The zero-order chi connectivity index (χ0) is 14.5. The molecular formula is C15H21N3O2. The molecule has 0 aromatic heterocycles. The van der Waals surface area contributed by atoms with Gasteiger partial charge in [-0.1, -0.05) is 13.0 Å². The predicted molar refractivity (Wildman–Crippen MR) is 78.4 cm³/mol. The number of nitrogens with two attached hydrogens (primary N) is 1. The van der Waals surface area contributed by atoms with E-state index in [1.54, 1.807) is 24.3 Å². The Hall–Kier alpha value is -1.88. The van der Waals surface area contributed by atoms with Gasteiger partial charge in [-0.2, -0.15) is 0 Å². The zero-order valence-corrected chi connectivity index (χ0v) is 11.7. The van der Waals surface area contributed by atoms with Gasteiger partial charge in [-0.05, 0) is 37.5 Å². The van der Waals surface area contributed by atoms with Crippen LogP contribution in [0.4, 0.5) is 5.69 Å². The molecule has 5 heteroatoms. The third-order valence-electron chi connectivity index (χ3n) is 3.29. The van der Waals surface area contributed by atoms with E-state index >= 15 is 0 Å². The highest BCUT2D eigenvalue weighted by molar-refractivity contribution is 5.97. The third-order valence-corrected chi connectivity index (χ3v) is 3.29. The van der Waals surface area contributed by atoms with Gasteiger partial charge in [0.15, 0.2) is 0 Å². The van der Waals surface area contributed by atoms with Crippen LogP contribution >= 0.6 is 0 Å². The van der Waals surface area contributed by atoms with Crippen molar-refractivity contribution in [1.82, 2.24) is 5.32 Å². The molecule has 4 N–H and O–H groups in total. The van der Waals surface area contributed by atoms with Gasteiger partial charge in [0.2, 0.25) is 5.91 Å². The van der Waals surface area contributed by atoms with Crippen molar-refractivity contribution in [3.63, 3.8) is 0 Å². The van der Waals surface area contributed by atoms with Crippen LogP contribution in [0.15, 0.2) is 24.3 Å². The second-order valence-corrected chi connectivity index (χ2v) is 5.25. The van der Waals surface area contributed by atoms with Crippen molar-refractivity contribution < 1.29 is 9.59 Å². The largest absolute Gasteiger partial charge is 0.349 e. The quantitative estimate of drug-likeness (QED) is 0.738. The molecule has 1 unspecified atom stereocenters. The molecule has 1 atom stereocenters. The van der Waals surface area contributed by atoms with Crippen LogP contribution in [0.1, 0.15) is 43.0 Å². The third kappa shape index (κ3) is 4.35. The molecule has 0 spiro atoms. The Morgan fingerprint density at radius 3 is 2.80 bits per heavy atom. The molecule has 0 aliphatic heterocycles. The fourth-order valence-electron chi connectivity index (χ4n) is 1.83. The Morgan fingerprint density at radius 1 is 1.40 bits per heavy atom. The fourth-order valence-corrected chi connectivity index (χ4v) is 1.83. The van der Waals surface area contributed by atoms with Gasteiger partial charge in [0, 0.05) is 29.8 Å². The molecular weight excluding hydrogens is 254 g/mol. The SMILES string of the molecule is CCC(N)CC(=O)Nc1cccc(C(=O)NC2CC2)c1. The minimum atomic E-state index is -0.128. The summed E-state index contributed by atoms with van der Waals surface area (Å²) in [5.41, 5.74) is 6.93. The van der Waals surface area contributed by atoms with Gasteiger partial charge in [0.05, 0.1) is 0 Å². The monoisotopic (exact) mass is 275 g/mol. The molecule has 1 fully saturated rings. The highest BCUT2D eigenvalue weighted by Crippen LogP contribution is 2.20. The Labute approximate surface area is 118 Å². The van der Waals surface area contributed by atoms with Crippen molar-refractivity contribution in [3.05, 3.63) is 29.8 Å². The maximum Gasteiger partial charge on any atom is 0.251 e. The van der Waals surface area contributed by atoms with E-state index in [-0.39, 0.29) is 24.3 Å². The summed E-state index contributed by atoms with van der Waals surface area (Å²) in [6.45, 7) is 1.95. The number of anilines is 1. The second-order valence-electron chi connectivity index (χ2n) is 5.25. The smallest absolute Gasteiger partial charge is 0.251 e. The van der Waals surface area contributed by atoms with Gasteiger partial charge in [0.1, 0.15) is 0 Å². The van der Waals surface area contributed by atoms with Crippen molar-refractivity contribution in [3.8, 4) is 0 Å². The predicted octanol–water partition coefficient (Wildman–Crippen LogP) is 1.64. The van der Waals surface area contributed by atoms with Crippen LogP contribution < -0.4 is 16.4 Å². The lowest BCUT2D eigenvalue weighted by Gasteiger charge is -2.10. The standard InChI is InChI=1S/C15H21N3O2/c1-2-11(16)9-14(19)17-13-5-3-4-10(8-13)15(20)18-12-6-7-12/h3-5,8,11-12H,2,6-7,9,16H2,1H3,(H,17,19)(H,18,20). The van der Waals surface area contributed by atoms with Crippen LogP contribution in [-0.2, 0) is 4.79 Å². The lowest BCUT2D eigenvalue weighted by Crippen LogP contribution is -2.27. The Kier molecular flexibility index (Phi) is 4.74. The number of hydrogen-bond acceptors (Lipinski definition) is 3. The van der Waals surface area contributed by atoms with E-state index in [2.05, 4.69) is 10.6 Å². The first kappa shape index (κ1) is 14.5. The average Bonchev–Trinajstić information content (AvgIpc) is 3.22. The van der Waals surface area contributed by atoms with E-state index in [1.165, 1.54) is 0 Å². The van der Waals surface area contributed by atoms with Gasteiger partial charge in [-0.25, -0.2) is 0 Å². The van der Waals surface area contributed by atoms with Crippen LogP contribution in [-0.4, -0.2) is 23.9 Å². The van der Waals surface area contributed by atoms with Crippen molar-refractivity contribution in [1.29, 1.82) is 0 Å². The van der Waals surface area contributed by atoms with E-state index in [0.29, 0.717) is 17.3 Å². The van der Waals surface area contributed by atoms with Crippen molar-refractivity contribution >= 4 is 17.5 Å². The van der Waals surface area contributed by atoms with Gasteiger partial charge in [-0.15, -0.1) is 0 Å². The molecule has 1 saturated carbocycles. The molecule has 1 aliphatic rings. The topological polar surface area (TPSA) is 84.2 Å². The van der Waals surface area contributed by atoms with Crippen LogP contribution in [0.2, 0.25) is 0 Å². The maximum absolute atomic E-state index is 11.9. The summed E-state index contributed by atoms with van der Waals surface area (Å²) in [5.74, 6) is -0.215. The Balaban J connectivity index is 1.94. The number of hydrogen-bond donors (Lipinski definition) is 3. The number of nitrogens with one attached hydrogen (secondary N) is 2. The first-order valence-corrected chi connectivity index (χ1v) is 7.05. The molecule has 0 radical (unpaired) electrons. The summed E-state index contributed by atoms with van der Waals surface area (Å²) in [4.78, 5) is 23.7. The molecule has 1 aromatic rings. The van der Waals surface area contributed by atoms with Crippen LogP contribution in [0, 0.1) is 0 Å². The van der Waals surface area contributed by atoms with Crippen molar-refractivity contribution in [2.24, 2.45) is 5.73 Å². The first-order chi connectivity index (χ1) is 9.58. The molecule has 20 heavy (non-hydrogen) atoms. The number of carbonyl (C=O) groups is 2. The molecule has 108 valence electrons. The highest BCUT2D eigenvalue weighted by Gasteiger charge is 2.23. The van der Waals surface area contributed by atoms with Crippen LogP contribution in [0.25, 0.3) is 0 Å². The van der Waals surface area contributed by atoms with Gasteiger partial charge in [0.25, 0.3) is 5.91 Å². The average molecular weight is 275 g/mol. The molecule has 2 amide bonds. The van der Waals surface area contributed by atoms with Crippen molar-refractivity contribution in [2.45, 2.75) is 44.7 Å². The number of benzene rings is 1. The van der Waals surface area contributed by atoms with Gasteiger partial charge >= 0.3 is 0 Å². The second kappa shape index (κ2) is 6.52. The Bertz CT molecular complexity index is 498. The lowest BCUT2D eigenvalue weighted by molar-refractivity contribution is -0.116. The van der Waals surface area contributed by atoms with Gasteiger partial charge < -0.3 is 16.4 Å². The van der Waals surface area contributed by atoms with Gasteiger partial charge in [-0.3, -0.25) is 9.59 Å². The van der Waals surface area contributed by atoms with Crippen LogP contribution in [0.5, 0.6) is 0 Å². The summed E-state index contributed by atoms with van der Waals surface area (Å²) < 4.78 is 0. The summed E-state index contributed by atoms with van der Waals surface area (Å²) >= 11 is 0. The maximum atomic E-state index is 11.9. The number of amides is 2. The van der Waals surface area contributed by atoms with E-state index in [0.717, 1.165) is 19.3 Å². The summed E-state index contributed by atoms with van der Waals surface area (Å²) in [5, 5.41) is 5.69. The number of carbonyl (C=O) groups excluding carboxylic acids is 2. The van der Waals surface area contributed by atoms with Crippen LogP contribution in [0.3, 0.4) is 0 Å². The molecule has 0 saturated heterocycles. The molecule has 1 aromatic carbocycles. The van der Waals surface area contributed by atoms with E-state index in [9.17, 15) is 9.59 Å². The Morgan fingerprint density at radius 2 is 2.15 bits per heavy atom. The van der Waals surface area contributed by atoms with E-state index < -0.39 is 0 Å². The minimum absolute atomic E-state index is 0.0890. The molecule has 5 nitrogen and oxygen atoms in total. The summed E-state index contributed by atoms with van der Waals surface area (Å²) in [6.07, 6.45) is 3.15. The number of rotatable bonds is 6. The van der Waals surface area contributed by atoms with Crippen molar-refractivity contribution in [2.75, 3.05) is 5.32 Å². The molecule has 0 heterocycles. The zero-order valence-electron chi connectivity index (χ0n) is 11.7. The minimum Gasteiger partial charge on any atom is -0.349 e. The first-order valence-electron chi connectivity index (χ1n) is 7.05.